The Kier molecular flexibility index (Phi) is 5.19. The Hall–Kier alpha value is -2.51. The minimum Gasteiger partial charge on any atom is -0.493 e. The Morgan fingerprint density at radius 1 is 1.14 bits per heavy atom. The van der Waals surface area contributed by atoms with Gasteiger partial charge in [0.15, 0.2) is 11.5 Å². The largest absolute Gasteiger partial charge is 0.493 e. The molecule has 0 fully saturated rings. The molecule has 0 saturated carbocycles. The van der Waals surface area contributed by atoms with E-state index in [1.54, 1.807) is 13.2 Å². The monoisotopic (exact) mass is 282 g/mol. The highest BCUT2D eigenvalue weighted by atomic mass is 16.5. The van der Waals surface area contributed by atoms with Gasteiger partial charge in [-0.25, -0.2) is 0 Å². The molecule has 0 amide bonds. The van der Waals surface area contributed by atoms with E-state index in [2.05, 4.69) is 11.4 Å². The summed E-state index contributed by atoms with van der Waals surface area (Å²) in [4.78, 5) is 0. The molecule has 2 aromatic rings. The number of methoxy groups -OCH3 is 1. The summed E-state index contributed by atoms with van der Waals surface area (Å²) >= 11 is 0. The van der Waals surface area contributed by atoms with Crippen molar-refractivity contribution >= 4 is 0 Å². The molecule has 0 aromatic heterocycles. The van der Waals surface area contributed by atoms with E-state index < -0.39 is 0 Å². The first kappa shape index (κ1) is 14.9. The van der Waals surface area contributed by atoms with Gasteiger partial charge < -0.3 is 14.8 Å². The zero-order valence-corrected chi connectivity index (χ0v) is 12.2. The average molecular weight is 282 g/mol. The molecule has 0 unspecified atom stereocenters. The molecule has 0 aliphatic carbocycles. The van der Waals surface area contributed by atoms with Gasteiger partial charge in [-0.15, -0.1) is 0 Å². The Labute approximate surface area is 124 Å². The van der Waals surface area contributed by atoms with Gasteiger partial charge in [-0.05, 0) is 30.8 Å². The molecule has 1 N–H and O–H groups in total. The first-order valence-electron chi connectivity index (χ1n) is 6.70. The van der Waals surface area contributed by atoms with Gasteiger partial charge in [-0.2, -0.15) is 5.26 Å². The van der Waals surface area contributed by atoms with Crippen molar-refractivity contribution in [3.8, 4) is 17.6 Å². The van der Waals surface area contributed by atoms with Crippen molar-refractivity contribution in [3.05, 3.63) is 59.2 Å². The van der Waals surface area contributed by atoms with Crippen molar-refractivity contribution in [1.82, 2.24) is 5.32 Å². The third kappa shape index (κ3) is 3.74. The van der Waals surface area contributed by atoms with Crippen LogP contribution >= 0.6 is 0 Å². The number of nitrogens with zero attached hydrogens (tertiary/aromatic N) is 1. The molecule has 2 rings (SSSR count). The van der Waals surface area contributed by atoms with Gasteiger partial charge in [-0.3, -0.25) is 0 Å². The van der Waals surface area contributed by atoms with E-state index in [-0.39, 0.29) is 0 Å². The van der Waals surface area contributed by atoms with Crippen molar-refractivity contribution in [2.24, 2.45) is 0 Å². The van der Waals surface area contributed by atoms with Gasteiger partial charge in [0, 0.05) is 12.1 Å². The molecule has 0 radical (unpaired) electrons. The molecule has 0 atom stereocenters. The predicted octanol–water partition coefficient (Wildman–Crippen LogP) is 2.87. The lowest BCUT2D eigenvalue weighted by molar-refractivity contribution is 0.284. The van der Waals surface area contributed by atoms with Gasteiger partial charge in [0.2, 0.25) is 0 Å². The van der Waals surface area contributed by atoms with Crippen LogP contribution in [0.2, 0.25) is 0 Å². The molecular formula is C17H18N2O2. The molecule has 4 nitrogen and oxygen atoms in total. The minimum atomic E-state index is 0.336. The van der Waals surface area contributed by atoms with E-state index >= 15 is 0 Å². The van der Waals surface area contributed by atoms with Crippen molar-refractivity contribution < 1.29 is 9.47 Å². The maximum Gasteiger partial charge on any atom is 0.161 e. The Bertz CT molecular complexity index is 647. The van der Waals surface area contributed by atoms with Gasteiger partial charge in [0.25, 0.3) is 0 Å². The standard InChI is InChI=1S/C17H18N2O2/c1-19-11-13-7-8-16(20-2)17(9-13)21-12-15-6-4-3-5-14(15)10-18/h3-9,19H,11-12H2,1-2H3. The minimum absolute atomic E-state index is 0.336. The summed E-state index contributed by atoms with van der Waals surface area (Å²) in [7, 11) is 3.51. The van der Waals surface area contributed by atoms with Crippen LogP contribution in [0, 0.1) is 11.3 Å². The van der Waals surface area contributed by atoms with Gasteiger partial charge in [-0.1, -0.05) is 24.3 Å². The molecule has 21 heavy (non-hydrogen) atoms. The van der Waals surface area contributed by atoms with Crippen molar-refractivity contribution in [1.29, 1.82) is 5.26 Å². The summed E-state index contributed by atoms with van der Waals surface area (Å²) in [5.41, 5.74) is 2.60. The first-order valence-corrected chi connectivity index (χ1v) is 6.70. The topological polar surface area (TPSA) is 54.3 Å². The summed E-state index contributed by atoms with van der Waals surface area (Å²) in [6.45, 7) is 1.10. The lowest BCUT2D eigenvalue weighted by Crippen LogP contribution is -2.06. The second kappa shape index (κ2) is 7.32. The second-order valence-corrected chi connectivity index (χ2v) is 4.57. The number of hydrogen-bond donors (Lipinski definition) is 1. The van der Waals surface area contributed by atoms with E-state index in [1.807, 2.05) is 43.4 Å². The Morgan fingerprint density at radius 2 is 1.95 bits per heavy atom. The quantitative estimate of drug-likeness (QED) is 0.885. The highest BCUT2D eigenvalue weighted by Gasteiger charge is 2.08. The lowest BCUT2D eigenvalue weighted by atomic mass is 10.1. The molecule has 108 valence electrons. The van der Waals surface area contributed by atoms with Crippen molar-refractivity contribution in [2.45, 2.75) is 13.2 Å². The number of nitrogens with one attached hydrogen (secondary N) is 1. The zero-order valence-electron chi connectivity index (χ0n) is 12.2. The number of hydrogen-bond acceptors (Lipinski definition) is 4. The summed E-state index contributed by atoms with van der Waals surface area (Å²) in [6.07, 6.45) is 0. The third-order valence-corrected chi connectivity index (χ3v) is 3.13. The van der Waals surface area contributed by atoms with Crippen LogP contribution < -0.4 is 14.8 Å². The van der Waals surface area contributed by atoms with E-state index in [0.717, 1.165) is 17.7 Å². The summed E-state index contributed by atoms with van der Waals surface area (Å²) in [5, 5.41) is 12.2. The Balaban J connectivity index is 2.18. The fraction of sp³-hybridized carbons (Fsp3) is 0.235. The molecule has 4 heteroatoms. The van der Waals surface area contributed by atoms with E-state index in [1.165, 1.54) is 0 Å². The second-order valence-electron chi connectivity index (χ2n) is 4.57. The number of rotatable bonds is 6. The number of nitriles is 1. The normalized spacial score (nSPS) is 9.95. The maximum absolute atomic E-state index is 9.09. The lowest BCUT2D eigenvalue weighted by Gasteiger charge is -2.13. The van der Waals surface area contributed by atoms with Crippen LogP contribution in [0.15, 0.2) is 42.5 Å². The summed E-state index contributed by atoms with van der Waals surface area (Å²) in [5.74, 6) is 1.36. The van der Waals surface area contributed by atoms with Crippen LogP contribution in [0.3, 0.4) is 0 Å². The first-order chi connectivity index (χ1) is 10.3. The van der Waals surface area contributed by atoms with Crippen molar-refractivity contribution in [2.75, 3.05) is 14.2 Å². The zero-order chi connectivity index (χ0) is 15.1. The molecule has 0 bridgehead atoms. The highest BCUT2D eigenvalue weighted by Crippen LogP contribution is 2.29. The fourth-order valence-corrected chi connectivity index (χ4v) is 2.06. The van der Waals surface area contributed by atoms with E-state index in [0.29, 0.717) is 23.7 Å². The van der Waals surface area contributed by atoms with Gasteiger partial charge >= 0.3 is 0 Å². The summed E-state index contributed by atoms with van der Waals surface area (Å²) in [6, 6.07) is 15.4. The smallest absolute Gasteiger partial charge is 0.161 e. The van der Waals surface area contributed by atoms with Gasteiger partial charge in [0.1, 0.15) is 6.61 Å². The molecule has 0 heterocycles. The van der Waals surface area contributed by atoms with Crippen LogP contribution in [-0.4, -0.2) is 14.2 Å². The van der Waals surface area contributed by atoms with Crippen LogP contribution in [0.25, 0.3) is 0 Å². The molecule has 0 aliphatic rings. The van der Waals surface area contributed by atoms with Gasteiger partial charge in [0.05, 0.1) is 18.7 Å². The molecule has 2 aromatic carbocycles. The highest BCUT2D eigenvalue weighted by molar-refractivity contribution is 5.43. The molecule has 0 spiro atoms. The number of benzene rings is 2. The van der Waals surface area contributed by atoms with Crippen LogP contribution in [0.4, 0.5) is 0 Å². The SMILES string of the molecule is CNCc1ccc(OC)c(OCc2ccccc2C#N)c1. The third-order valence-electron chi connectivity index (χ3n) is 3.13. The van der Waals surface area contributed by atoms with Crippen LogP contribution in [-0.2, 0) is 13.2 Å². The molecular weight excluding hydrogens is 264 g/mol. The van der Waals surface area contributed by atoms with Crippen LogP contribution in [0.1, 0.15) is 16.7 Å². The van der Waals surface area contributed by atoms with E-state index in [4.69, 9.17) is 14.7 Å². The summed E-state index contributed by atoms with van der Waals surface area (Å²) < 4.78 is 11.2. The Morgan fingerprint density at radius 3 is 2.67 bits per heavy atom. The maximum atomic E-state index is 9.09. The fourth-order valence-electron chi connectivity index (χ4n) is 2.06. The van der Waals surface area contributed by atoms with Crippen molar-refractivity contribution in [3.63, 3.8) is 0 Å². The van der Waals surface area contributed by atoms with E-state index in [9.17, 15) is 0 Å². The van der Waals surface area contributed by atoms with Crippen LogP contribution in [0.5, 0.6) is 11.5 Å². The molecule has 0 aliphatic heterocycles. The number of ether oxygens (including phenoxy) is 2. The average Bonchev–Trinajstić information content (AvgIpc) is 2.53. The predicted molar refractivity (Wildman–Crippen MR) is 81.2 cm³/mol. The molecule has 0 saturated heterocycles.